The highest BCUT2D eigenvalue weighted by Gasteiger charge is 2.35. The van der Waals surface area contributed by atoms with Crippen LogP contribution in [0.4, 0.5) is 0 Å². The van der Waals surface area contributed by atoms with Crippen molar-refractivity contribution in [2.45, 2.75) is 56.8 Å². The molecule has 18 heavy (non-hydrogen) atoms. The quantitative estimate of drug-likeness (QED) is 0.771. The van der Waals surface area contributed by atoms with Crippen molar-refractivity contribution < 1.29 is 18.3 Å². The SMILES string of the molecule is CCC(O)(CC)CNC(=O)C1CCCCS1(=O)=O. The van der Waals surface area contributed by atoms with Crippen molar-refractivity contribution >= 4 is 15.7 Å². The first kappa shape index (κ1) is 15.4. The zero-order valence-electron chi connectivity index (χ0n) is 11.1. The molecular formula is C12H23NO4S. The summed E-state index contributed by atoms with van der Waals surface area (Å²) in [6.07, 6.45) is 2.86. The number of carbonyl (C=O) groups excluding carboxylic acids is 1. The van der Waals surface area contributed by atoms with E-state index in [2.05, 4.69) is 5.32 Å². The van der Waals surface area contributed by atoms with Crippen LogP contribution in [0.25, 0.3) is 0 Å². The van der Waals surface area contributed by atoms with Crippen molar-refractivity contribution in [3.05, 3.63) is 0 Å². The van der Waals surface area contributed by atoms with Gasteiger partial charge in [0, 0.05) is 6.54 Å². The molecule has 1 heterocycles. The lowest BCUT2D eigenvalue weighted by molar-refractivity contribution is -0.122. The molecule has 1 amide bonds. The predicted molar refractivity (Wildman–Crippen MR) is 70.0 cm³/mol. The fourth-order valence-electron chi connectivity index (χ4n) is 2.11. The average Bonchev–Trinajstić information content (AvgIpc) is 2.35. The van der Waals surface area contributed by atoms with E-state index in [1.807, 2.05) is 13.8 Å². The molecule has 0 spiro atoms. The summed E-state index contributed by atoms with van der Waals surface area (Å²) in [6.45, 7) is 3.80. The van der Waals surface area contributed by atoms with Gasteiger partial charge in [-0.25, -0.2) is 8.42 Å². The highest BCUT2D eigenvalue weighted by molar-refractivity contribution is 7.92. The number of carbonyl (C=O) groups is 1. The van der Waals surface area contributed by atoms with Gasteiger partial charge in [0.25, 0.3) is 0 Å². The van der Waals surface area contributed by atoms with Gasteiger partial charge in [0.15, 0.2) is 9.84 Å². The van der Waals surface area contributed by atoms with Crippen LogP contribution < -0.4 is 5.32 Å². The number of hydrogen-bond donors (Lipinski definition) is 2. The Bertz CT molecular complexity index is 387. The maximum atomic E-state index is 11.9. The van der Waals surface area contributed by atoms with E-state index in [0.29, 0.717) is 25.7 Å². The highest BCUT2D eigenvalue weighted by atomic mass is 32.2. The molecule has 5 nitrogen and oxygen atoms in total. The molecule has 1 aliphatic rings. The van der Waals surface area contributed by atoms with E-state index in [4.69, 9.17) is 0 Å². The zero-order chi connectivity index (χ0) is 13.8. The number of amides is 1. The van der Waals surface area contributed by atoms with Gasteiger partial charge < -0.3 is 10.4 Å². The minimum atomic E-state index is -3.30. The summed E-state index contributed by atoms with van der Waals surface area (Å²) in [4.78, 5) is 11.9. The lowest BCUT2D eigenvalue weighted by Gasteiger charge is -2.27. The molecule has 0 bridgehead atoms. The second kappa shape index (κ2) is 6.02. The van der Waals surface area contributed by atoms with Gasteiger partial charge in [0.2, 0.25) is 5.91 Å². The first-order valence-electron chi connectivity index (χ1n) is 6.56. The van der Waals surface area contributed by atoms with Gasteiger partial charge in [-0.15, -0.1) is 0 Å². The Kier molecular flexibility index (Phi) is 5.16. The number of nitrogens with one attached hydrogen (secondary N) is 1. The summed E-state index contributed by atoms with van der Waals surface area (Å²) >= 11 is 0. The Labute approximate surface area is 109 Å². The van der Waals surface area contributed by atoms with Crippen molar-refractivity contribution in [1.82, 2.24) is 5.32 Å². The van der Waals surface area contributed by atoms with Crippen LogP contribution in [-0.2, 0) is 14.6 Å². The molecule has 6 heteroatoms. The van der Waals surface area contributed by atoms with Crippen LogP contribution in [0.5, 0.6) is 0 Å². The third kappa shape index (κ3) is 3.68. The molecule has 0 aromatic carbocycles. The smallest absolute Gasteiger partial charge is 0.238 e. The van der Waals surface area contributed by atoms with E-state index >= 15 is 0 Å². The van der Waals surface area contributed by atoms with E-state index in [1.165, 1.54) is 0 Å². The predicted octanol–water partition coefficient (Wildman–Crippen LogP) is 0.621. The van der Waals surface area contributed by atoms with Crippen LogP contribution in [0.1, 0.15) is 46.0 Å². The van der Waals surface area contributed by atoms with Crippen LogP contribution in [0.2, 0.25) is 0 Å². The van der Waals surface area contributed by atoms with Crippen molar-refractivity contribution in [2.75, 3.05) is 12.3 Å². The van der Waals surface area contributed by atoms with E-state index in [1.54, 1.807) is 0 Å². The number of aliphatic hydroxyl groups is 1. The molecule has 1 saturated heterocycles. The number of rotatable bonds is 5. The Hall–Kier alpha value is -0.620. The average molecular weight is 277 g/mol. The van der Waals surface area contributed by atoms with Crippen LogP contribution in [0, 0.1) is 0 Å². The largest absolute Gasteiger partial charge is 0.388 e. The van der Waals surface area contributed by atoms with Gasteiger partial charge in [-0.2, -0.15) is 0 Å². The molecular weight excluding hydrogens is 254 g/mol. The van der Waals surface area contributed by atoms with Gasteiger partial charge >= 0.3 is 0 Å². The summed E-state index contributed by atoms with van der Waals surface area (Å²) in [5.74, 6) is -0.369. The standard InChI is InChI=1S/C12H23NO4S/c1-3-12(15,4-2)9-13-11(14)10-7-5-6-8-18(10,16)17/h10,15H,3-9H2,1-2H3,(H,13,14). The van der Waals surface area contributed by atoms with Gasteiger partial charge in [-0.1, -0.05) is 20.3 Å². The van der Waals surface area contributed by atoms with Gasteiger partial charge in [0.1, 0.15) is 5.25 Å². The molecule has 0 saturated carbocycles. The summed E-state index contributed by atoms with van der Waals surface area (Å²) in [6, 6.07) is 0. The van der Waals surface area contributed by atoms with E-state index < -0.39 is 26.6 Å². The molecule has 0 aromatic rings. The van der Waals surface area contributed by atoms with Crippen LogP contribution in [0.3, 0.4) is 0 Å². The normalized spacial score (nSPS) is 23.6. The first-order chi connectivity index (χ1) is 8.34. The van der Waals surface area contributed by atoms with E-state index in [0.717, 1.165) is 6.42 Å². The number of sulfone groups is 1. The first-order valence-corrected chi connectivity index (χ1v) is 8.28. The minimum Gasteiger partial charge on any atom is -0.388 e. The monoisotopic (exact) mass is 277 g/mol. The zero-order valence-corrected chi connectivity index (χ0v) is 11.9. The van der Waals surface area contributed by atoms with Crippen molar-refractivity contribution in [3.63, 3.8) is 0 Å². The maximum absolute atomic E-state index is 11.9. The fraction of sp³-hybridized carbons (Fsp3) is 0.917. The molecule has 0 aromatic heterocycles. The highest BCUT2D eigenvalue weighted by Crippen LogP contribution is 2.20. The summed E-state index contributed by atoms with van der Waals surface area (Å²) in [5.41, 5.74) is -0.936. The lowest BCUT2D eigenvalue weighted by Crippen LogP contribution is -2.48. The minimum absolute atomic E-state index is 0.0942. The van der Waals surface area contributed by atoms with Crippen LogP contribution >= 0.6 is 0 Å². The summed E-state index contributed by atoms with van der Waals surface area (Å²) in [5, 5.41) is 11.7. The molecule has 1 rings (SSSR count). The Balaban J connectivity index is 2.60. The van der Waals surface area contributed by atoms with Gasteiger partial charge in [0.05, 0.1) is 11.4 Å². The number of hydrogen-bond acceptors (Lipinski definition) is 4. The van der Waals surface area contributed by atoms with E-state index in [9.17, 15) is 18.3 Å². The molecule has 1 unspecified atom stereocenters. The summed E-state index contributed by atoms with van der Waals surface area (Å²) < 4.78 is 23.5. The molecule has 1 aliphatic heterocycles. The lowest BCUT2D eigenvalue weighted by atomic mass is 9.97. The Morgan fingerprint density at radius 1 is 1.33 bits per heavy atom. The maximum Gasteiger partial charge on any atom is 0.238 e. The topological polar surface area (TPSA) is 83.5 Å². The van der Waals surface area contributed by atoms with Crippen LogP contribution in [0.15, 0.2) is 0 Å². The second-order valence-corrected chi connectivity index (χ2v) is 7.30. The third-order valence-corrected chi connectivity index (χ3v) is 5.95. The van der Waals surface area contributed by atoms with Gasteiger partial charge in [-0.05, 0) is 25.7 Å². The molecule has 2 N–H and O–H groups in total. The van der Waals surface area contributed by atoms with Crippen molar-refractivity contribution in [2.24, 2.45) is 0 Å². The molecule has 1 fully saturated rings. The van der Waals surface area contributed by atoms with Crippen LogP contribution in [-0.4, -0.2) is 42.6 Å². The third-order valence-electron chi connectivity index (χ3n) is 3.78. The van der Waals surface area contributed by atoms with E-state index in [-0.39, 0.29) is 12.3 Å². The second-order valence-electron chi connectivity index (χ2n) is 5.00. The Morgan fingerprint density at radius 2 is 1.94 bits per heavy atom. The van der Waals surface area contributed by atoms with Gasteiger partial charge in [-0.3, -0.25) is 4.79 Å². The van der Waals surface area contributed by atoms with Crippen molar-refractivity contribution in [3.8, 4) is 0 Å². The molecule has 106 valence electrons. The molecule has 0 aliphatic carbocycles. The summed E-state index contributed by atoms with van der Waals surface area (Å²) in [7, 11) is -3.30. The molecule has 0 radical (unpaired) electrons. The molecule has 1 atom stereocenters. The fourth-order valence-corrected chi connectivity index (χ4v) is 3.94. The van der Waals surface area contributed by atoms with Crippen molar-refractivity contribution in [1.29, 1.82) is 0 Å². The Morgan fingerprint density at radius 3 is 2.44 bits per heavy atom.